The molecule has 0 radical (unpaired) electrons. The lowest BCUT2D eigenvalue weighted by atomic mass is 10.0. The molecule has 1 aromatic carbocycles. The number of nitrogens with zero attached hydrogens (tertiary/aromatic N) is 2. The van der Waals surface area contributed by atoms with E-state index >= 15 is 0 Å². The molecule has 1 aliphatic heterocycles. The van der Waals surface area contributed by atoms with Gasteiger partial charge in [0.2, 0.25) is 0 Å². The number of benzene rings is 1. The van der Waals surface area contributed by atoms with E-state index in [9.17, 15) is 9.18 Å². The third-order valence-electron chi connectivity index (χ3n) is 4.51. The topological polar surface area (TPSA) is 46.9 Å². The lowest BCUT2D eigenvalue weighted by Crippen LogP contribution is -2.31. The van der Waals surface area contributed by atoms with Gasteiger partial charge in [0, 0.05) is 16.3 Å². The fourth-order valence-corrected chi connectivity index (χ4v) is 4.31. The SMILES string of the molecule is CC(C)c1cc(C(=O)NC2CCSc3ccc(F)cc32)nn1C(C)(C)C. The molecular formula is C20H26FN3OS. The van der Waals surface area contributed by atoms with Crippen LogP contribution in [0.4, 0.5) is 4.39 Å². The Bertz CT molecular complexity index is 823. The van der Waals surface area contributed by atoms with E-state index in [0.717, 1.165) is 28.3 Å². The average Bonchev–Trinajstić information content (AvgIpc) is 3.01. The molecule has 0 saturated carbocycles. The molecule has 0 aliphatic carbocycles. The van der Waals surface area contributed by atoms with E-state index in [1.165, 1.54) is 12.1 Å². The van der Waals surface area contributed by atoms with Gasteiger partial charge in [-0.15, -0.1) is 11.8 Å². The van der Waals surface area contributed by atoms with Crippen LogP contribution in [-0.2, 0) is 5.54 Å². The van der Waals surface area contributed by atoms with Gasteiger partial charge in [-0.3, -0.25) is 9.48 Å². The van der Waals surface area contributed by atoms with Gasteiger partial charge in [0.25, 0.3) is 5.91 Å². The molecule has 1 unspecified atom stereocenters. The van der Waals surface area contributed by atoms with E-state index in [0.29, 0.717) is 5.69 Å². The van der Waals surface area contributed by atoms with Crippen molar-refractivity contribution in [1.82, 2.24) is 15.1 Å². The minimum Gasteiger partial charge on any atom is -0.344 e. The number of thioether (sulfide) groups is 1. The molecule has 2 aromatic rings. The number of nitrogens with one attached hydrogen (secondary N) is 1. The zero-order valence-corrected chi connectivity index (χ0v) is 16.8. The highest BCUT2D eigenvalue weighted by Crippen LogP contribution is 2.36. The first-order chi connectivity index (χ1) is 12.2. The standard InChI is InChI=1S/C20H26FN3OS/c1-12(2)17-11-16(23-24(17)20(3,4)5)19(25)22-15-8-9-26-18-7-6-13(21)10-14(15)18/h6-7,10-12,15H,8-9H2,1-5H3,(H,22,25). The Kier molecular flexibility index (Phi) is 5.15. The first-order valence-electron chi connectivity index (χ1n) is 9.00. The third kappa shape index (κ3) is 3.80. The van der Waals surface area contributed by atoms with Gasteiger partial charge in [0.1, 0.15) is 11.5 Å². The summed E-state index contributed by atoms with van der Waals surface area (Å²) in [5, 5.41) is 7.62. The van der Waals surface area contributed by atoms with Gasteiger partial charge in [-0.1, -0.05) is 13.8 Å². The molecule has 1 atom stereocenters. The van der Waals surface area contributed by atoms with Crippen molar-refractivity contribution < 1.29 is 9.18 Å². The van der Waals surface area contributed by atoms with Crippen molar-refractivity contribution in [1.29, 1.82) is 0 Å². The predicted octanol–water partition coefficient (Wildman–Crippen LogP) is 4.87. The highest BCUT2D eigenvalue weighted by molar-refractivity contribution is 7.99. The van der Waals surface area contributed by atoms with E-state index in [-0.39, 0.29) is 29.2 Å². The summed E-state index contributed by atoms with van der Waals surface area (Å²) in [6.07, 6.45) is 0.782. The van der Waals surface area contributed by atoms with E-state index in [1.54, 1.807) is 17.8 Å². The van der Waals surface area contributed by atoms with Crippen molar-refractivity contribution in [3.63, 3.8) is 0 Å². The highest BCUT2D eigenvalue weighted by atomic mass is 32.2. The minimum atomic E-state index is -0.274. The molecule has 3 rings (SSSR count). The Morgan fingerprint density at radius 1 is 1.35 bits per heavy atom. The number of hydrogen-bond donors (Lipinski definition) is 1. The van der Waals surface area contributed by atoms with E-state index < -0.39 is 0 Å². The van der Waals surface area contributed by atoms with Crippen LogP contribution in [0, 0.1) is 5.82 Å². The zero-order chi connectivity index (χ0) is 19.1. The molecule has 1 N–H and O–H groups in total. The van der Waals surface area contributed by atoms with Crippen molar-refractivity contribution >= 4 is 17.7 Å². The smallest absolute Gasteiger partial charge is 0.272 e. The molecule has 1 aliphatic rings. The first-order valence-corrected chi connectivity index (χ1v) is 9.99. The van der Waals surface area contributed by atoms with Gasteiger partial charge in [-0.25, -0.2) is 4.39 Å². The maximum Gasteiger partial charge on any atom is 0.272 e. The molecule has 140 valence electrons. The van der Waals surface area contributed by atoms with E-state index in [1.807, 2.05) is 10.7 Å². The van der Waals surface area contributed by atoms with Crippen molar-refractivity contribution in [2.24, 2.45) is 0 Å². The van der Waals surface area contributed by atoms with Crippen LogP contribution in [0.15, 0.2) is 29.2 Å². The van der Waals surface area contributed by atoms with E-state index in [4.69, 9.17) is 0 Å². The summed E-state index contributed by atoms with van der Waals surface area (Å²) in [6.45, 7) is 10.4. The number of amides is 1. The number of carbonyl (C=O) groups is 1. The number of rotatable bonds is 3. The fourth-order valence-electron chi connectivity index (χ4n) is 3.20. The summed E-state index contributed by atoms with van der Waals surface area (Å²) in [5.41, 5.74) is 2.11. The van der Waals surface area contributed by atoms with Crippen LogP contribution in [-0.4, -0.2) is 21.4 Å². The van der Waals surface area contributed by atoms with E-state index in [2.05, 4.69) is 45.0 Å². The zero-order valence-electron chi connectivity index (χ0n) is 16.0. The van der Waals surface area contributed by atoms with Gasteiger partial charge in [0.05, 0.1) is 11.6 Å². The maximum atomic E-state index is 13.7. The second kappa shape index (κ2) is 7.06. The largest absolute Gasteiger partial charge is 0.344 e. The van der Waals surface area contributed by atoms with Crippen LogP contribution >= 0.6 is 11.8 Å². The monoisotopic (exact) mass is 375 g/mol. The molecule has 0 fully saturated rings. The molecule has 2 heterocycles. The Labute approximate surface area is 158 Å². The summed E-state index contributed by atoms with van der Waals surface area (Å²) in [4.78, 5) is 13.9. The van der Waals surface area contributed by atoms with Crippen LogP contribution in [0.2, 0.25) is 0 Å². The fraction of sp³-hybridized carbons (Fsp3) is 0.500. The first kappa shape index (κ1) is 19.0. The number of carbonyl (C=O) groups excluding carboxylic acids is 1. The van der Waals surface area contributed by atoms with Crippen LogP contribution < -0.4 is 5.32 Å². The van der Waals surface area contributed by atoms with Gasteiger partial charge in [-0.05, 0) is 62.9 Å². The predicted molar refractivity (Wildman–Crippen MR) is 103 cm³/mol. The van der Waals surface area contributed by atoms with Crippen molar-refractivity contribution in [3.8, 4) is 0 Å². The van der Waals surface area contributed by atoms with Crippen LogP contribution in [0.5, 0.6) is 0 Å². The third-order valence-corrected chi connectivity index (χ3v) is 5.64. The number of aromatic nitrogens is 2. The second-order valence-electron chi connectivity index (χ2n) is 8.04. The molecule has 0 bridgehead atoms. The Morgan fingerprint density at radius 2 is 2.08 bits per heavy atom. The summed E-state index contributed by atoms with van der Waals surface area (Å²) < 4.78 is 15.6. The average molecular weight is 376 g/mol. The molecule has 1 amide bonds. The number of fused-ring (bicyclic) bond motifs is 1. The van der Waals surface area contributed by atoms with Gasteiger partial charge in [-0.2, -0.15) is 5.10 Å². The lowest BCUT2D eigenvalue weighted by molar-refractivity contribution is 0.0928. The lowest BCUT2D eigenvalue weighted by Gasteiger charge is -2.25. The molecule has 0 saturated heterocycles. The van der Waals surface area contributed by atoms with Crippen molar-refractivity contribution in [2.75, 3.05) is 5.75 Å². The summed E-state index contributed by atoms with van der Waals surface area (Å²) in [5.74, 6) is 0.688. The summed E-state index contributed by atoms with van der Waals surface area (Å²) >= 11 is 1.70. The molecular weight excluding hydrogens is 349 g/mol. The highest BCUT2D eigenvalue weighted by Gasteiger charge is 2.27. The number of halogens is 1. The quantitative estimate of drug-likeness (QED) is 0.833. The minimum absolute atomic E-state index is 0.184. The van der Waals surface area contributed by atoms with Gasteiger partial charge < -0.3 is 5.32 Å². The molecule has 0 spiro atoms. The van der Waals surface area contributed by atoms with Gasteiger partial charge >= 0.3 is 0 Å². The van der Waals surface area contributed by atoms with Crippen LogP contribution in [0.25, 0.3) is 0 Å². The van der Waals surface area contributed by atoms with Gasteiger partial charge in [0.15, 0.2) is 0 Å². The summed E-state index contributed by atoms with van der Waals surface area (Å²) in [6, 6.07) is 6.47. The molecule has 26 heavy (non-hydrogen) atoms. The molecule has 1 aromatic heterocycles. The Morgan fingerprint density at radius 3 is 2.69 bits per heavy atom. The molecule has 4 nitrogen and oxygen atoms in total. The maximum absolute atomic E-state index is 13.7. The van der Waals surface area contributed by atoms with Crippen molar-refractivity contribution in [2.45, 2.75) is 63.4 Å². The number of hydrogen-bond acceptors (Lipinski definition) is 3. The van der Waals surface area contributed by atoms with Crippen LogP contribution in [0.3, 0.4) is 0 Å². The molecule has 6 heteroatoms. The Balaban J connectivity index is 1.87. The second-order valence-corrected chi connectivity index (χ2v) is 9.17. The Hall–Kier alpha value is -1.82. The van der Waals surface area contributed by atoms with Crippen molar-refractivity contribution in [3.05, 3.63) is 47.0 Å². The van der Waals surface area contributed by atoms with Crippen LogP contribution in [0.1, 0.15) is 74.7 Å². The normalized spacial score (nSPS) is 17.3. The summed E-state index contributed by atoms with van der Waals surface area (Å²) in [7, 11) is 0.